The molecule has 10 atom stereocenters. The van der Waals surface area contributed by atoms with Crippen molar-refractivity contribution in [1.29, 1.82) is 0 Å². The smallest absolute Gasteiger partial charge is 0.161 e. The second kappa shape index (κ2) is 9.16. The summed E-state index contributed by atoms with van der Waals surface area (Å²) in [5.41, 5.74) is 0. The molecule has 0 aromatic carbocycles. The van der Waals surface area contributed by atoms with Crippen molar-refractivity contribution < 1.29 is 19.0 Å². The number of ether oxygens (including phenoxy) is 3. The van der Waals surface area contributed by atoms with Crippen LogP contribution < -0.4 is 0 Å². The molecule has 4 heteroatoms. The minimum Gasteiger partial charge on any atom is -0.372 e. The third-order valence-corrected chi connectivity index (χ3v) is 7.15. The van der Waals surface area contributed by atoms with Crippen molar-refractivity contribution in [3.63, 3.8) is 0 Å². The molecule has 2 saturated heterocycles. The molecule has 0 N–H and O–H groups in total. The van der Waals surface area contributed by atoms with E-state index in [4.69, 9.17) is 14.2 Å². The molecule has 0 aromatic heterocycles. The van der Waals surface area contributed by atoms with Crippen molar-refractivity contribution in [3.05, 3.63) is 0 Å². The van der Waals surface area contributed by atoms with Crippen molar-refractivity contribution in [2.24, 2.45) is 29.6 Å². The average Bonchev–Trinajstić information content (AvgIpc) is 2.60. The van der Waals surface area contributed by atoms with Gasteiger partial charge < -0.3 is 19.0 Å². The normalized spacial score (nSPS) is 46.9. The Kier molecular flexibility index (Phi) is 7.70. The lowest BCUT2D eigenvalue weighted by Gasteiger charge is -2.49. The van der Waals surface area contributed by atoms with Crippen LogP contribution in [-0.4, -0.2) is 36.5 Å². The Morgan fingerprint density at radius 3 is 2.00 bits per heavy atom. The summed E-state index contributed by atoms with van der Waals surface area (Å²) in [4.78, 5) is 11.7. The van der Waals surface area contributed by atoms with E-state index in [1.807, 2.05) is 0 Å². The molecule has 0 radical (unpaired) electrons. The lowest BCUT2D eigenvalue weighted by Crippen LogP contribution is -2.54. The maximum atomic E-state index is 11.7. The summed E-state index contributed by atoms with van der Waals surface area (Å²) in [5, 5.41) is 0. The Balaban J connectivity index is 2.16. The Morgan fingerprint density at radius 2 is 1.46 bits per heavy atom. The maximum absolute atomic E-state index is 11.7. The first-order valence-corrected chi connectivity index (χ1v) is 10.7. The second-order valence-corrected chi connectivity index (χ2v) is 8.85. The van der Waals surface area contributed by atoms with Gasteiger partial charge in [-0.25, -0.2) is 0 Å². The molecule has 0 bridgehead atoms. The van der Waals surface area contributed by atoms with Crippen LogP contribution in [0.4, 0.5) is 0 Å². The predicted molar refractivity (Wildman–Crippen MR) is 104 cm³/mol. The van der Waals surface area contributed by atoms with Crippen LogP contribution in [0, 0.1) is 29.6 Å². The average molecular weight is 369 g/mol. The first-order chi connectivity index (χ1) is 12.2. The van der Waals surface area contributed by atoms with E-state index in [9.17, 15) is 4.79 Å². The van der Waals surface area contributed by atoms with Crippen molar-refractivity contribution >= 4 is 5.78 Å². The van der Waals surface area contributed by atoms with Gasteiger partial charge in [0.25, 0.3) is 0 Å². The highest BCUT2D eigenvalue weighted by Crippen LogP contribution is 2.41. The summed E-state index contributed by atoms with van der Waals surface area (Å²) in [6, 6.07) is 0. The van der Waals surface area contributed by atoms with Gasteiger partial charge in [-0.05, 0) is 50.4 Å². The Bertz CT molecular complexity index is 463. The Hall–Kier alpha value is -0.450. The van der Waals surface area contributed by atoms with Gasteiger partial charge in [0.2, 0.25) is 0 Å². The molecule has 2 fully saturated rings. The molecule has 0 aromatic rings. The monoisotopic (exact) mass is 368 g/mol. The zero-order valence-corrected chi connectivity index (χ0v) is 18.0. The third-order valence-electron chi connectivity index (χ3n) is 7.15. The van der Waals surface area contributed by atoms with Crippen LogP contribution in [0.15, 0.2) is 0 Å². The first-order valence-electron chi connectivity index (χ1n) is 10.7. The summed E-state index contributed by atoms with van der Waals surface area (Å²) in [6.07, 6.45) is 2.67. The minimum absolute atomic E-state index is 0.0221. The summed E-state index contributed by atoms with van der Waals surface area (Å²) in [6.45, 7) is 17.2. The van der Waals surface area contributed by atoms with Crippen LogP contribution in [0.5, 0.6) is 0 Å². The summed E-state index contributed by atoms with van der Waals surface area (Å²) in [7, 11) is 0. The molecular weight excluding hydrogens is 328 g/mol. The van der Waals surface area contributed by atoms with Crippen LogP contribution in [0.1, 0.15) is 74.7 Å². The number of ketones is 1. The number of hydrogen-bond donors (Lipinski definition) is 0. The zero-order valence-electron chi connectivity index (χ0n) is 18.0. The van der Waals surface area contributed by atoms with E-state index >= 15 is 0 Å². The van der Waals surface area contributed by atoms with E-state index in [0.717, 1.165) is 12.8 Å². The molecule has 0 spiro atoms. The van der Waals surface area contributed by atoms with E-state index in [1.54, 1.807) is 6.92 Å². The van der Waals surface area contributed by atoms with Gasteiger partial charge >= 0.3 is 0 Å². The fourth-order valence-corrected chi connectivity index (χ4v) is 4.95. The molecule has 2 heterocycles. The van der Waals surface area contributed by atoms with Gasteiger partial charge in [0.1, 0.15) is 5.78 Å². The minimum atomic E-state index is -0.192. The largest absolute Gasteiger partial charge is 0.372 e. The molecule has 2 aliphatic heterocycles. The first kappa shape index (κ1) is 21.8. The molecule has 0 amide bonds. The van der Waals surface area contributed by atoms with Gasteiger partial charge in [-0.2, -0.15) is 0 Å². The van der Waals surface area contributed by atoms with Gasteiger partial charge in [-0.3, -0.25) is 0 Å². The van der Waals surface area contributed by atoms with Gasteiger partial charge in [0.15, 0.2) is 6.29 Å². The molecule has 0 aliphatic carbocycles. The zero-order chi connectivity index (χ0) is 19.6. The number of carbonyl (C=O) groups is 1. The standard InChI is InChI=1S/C22H40O4/c1-9-19-14(5)13(4)15(6)22(25-19)26-21-16(7)18(11-12(3)23)17(8)24-20(21)10-2/h13-22H,9-11H2,1-8H3/t13-,14-,15?,16+,17?,18?,19?,20?,21-,22-/m0/s1. The molecule has 26 heavy (non-hydrogen) atoms. The predicted octanol–water partition coefficient (Wildman–Crippen LogP) is 4.84. The maximum Gasteiger partial charge on any atom is 0.161 e. The van der Waals surface area contributed by atoms with Crippen molar-refractivity contribution in [3.8, 4) is 0 Å². The van der Waals surface area contributed by atoms with E-state index < -0.39 is 0 Å². The fraction of sp³-hybridized carbons (Fsp3) is 0.955. The van der Waals surface area contributed by atoms with Gasteiger partial charge in [0.05, 0.1) is 24.4 Å². The molecular formula is C22H40O4. The van der Waals surface area contributed by atoms with Crippen molar-refractivity contribution in [1.82, 2.24) is 0 Å². The quantitative estimate of drug-likeness (QED) is 0.673. The Morgan fingerprint density at radius 1 is 0.846 bits per heavy atom. The summed E-state index contributed by atoms with van der Waals surface area (Å²) >= 11 is 0. The van der Waals surface area contributed by atoms with Gasteiger partial charge in [0, 0.05) is 12.3 Å². The third kappa shape index (κ3) is 4.51. The van der Waals surface area contributed by atoms with E-state index in [-0.39, 0.29) is 48.3 Å². The van der Waals surface area contributed by atoms with E-state index in [1.165, 1.54) is 0 Å². The molecule has 4 nitrogen and oxygen atoms in total. The van der Waals surface area contributed by atoms with Crippen LogP contribution in [0.3, 0.4) is 0 Å². The summed E-state index contributed by atoms with van der Waals surface area (Å²) < 4.78 is 19.3. The highest BCUT2D eigenvalue weighted by molar-refractivity contribution is 5.75. The lowest BCUT2D eigenvalue weighted by atomic mass is 9.76. The van der Waals surface area contributed by atoms with Gasteiger partial charge in [-0.1, -0.05) is 41.5 Å². The highest BCUT2D eigenvalue weighted by Gasteiger charge is 2.46. The van der Waals surface area contributed by atoms with Crippen LogP contribution in [0.25, 0.3) is 0 Å². The summed E-state index contributed by atoms with van der Waals surface area (Å²) in [5.74, 6) is 2.16. The number of carbonyl (C=O) groups excluding carboxylic acids is 1. The van der Waals surface area contributed by atoms with Crippen LogP contribution in [0.2, 0.25) is 0 Å². The Labute approximate surface area is 160 Å². The number of hydrogen-bond acceptors (Lipinski definition) is 4. The lowest BCUT2D eigenvalue weighted by molar-refractivity contribution is -0.300. The van der Waals surface area contributed by atoms with Crippen LogP contribution >= 0.6 is 0 Å². The van der Waals surface area contributed by atoms with Crippen molar-refractivity contribution in [2.45, 2.75) is 105 Å². The molecule has 2 rings (SSSR count). The number of rotatable bonds is 6. The van der Waals surface area contributed by atoms with Gasteiger partial charge in [-0.15, -0.1) is 0 Å². The topological polar surface area (TPSA) is 44.8 Å². The highest BCUT2D eigenvalue weighted by atomic mass is 16.7. The van der Waals surface area contributed by atoms with E-state index in [0.29, 0.717) is 24.2 Å². The fourth-order valence-electron chi connectivity index (χ4n) is 4.95. The van der Waals surface area contributed by atoms with Crippen molar-refractivity contribution in [2.75, 3.05) is 0 Å². The van der Waals surface area contributed by atoms with Crippen LogP contribution in [-0.2, 0) is 19.0 Å². The SMILES string of the molecule is CCC1O[C@@H](O[C@@H]2C(CC)OC(C)C(CC(C)=O)[C@H]2C)C(C)[C@@H](C)[C@@H]1C. The molecule has 2 aliphatic rings. The molecule has 5 unspecified atom stereocenters. The molecule has 0 saturated carbocycles. The molecule has 152 valence electrons. The number of Topliss-reactive ketones (excluding diaryl/α,β-unsaturated/α-hetero) is 1. The van der Waals surface area contributed by atoms with E-state index in [2.05, 4.69) is 48.5 Å². The second-order valence-electron chi connectivity index (χ2n) is 8.85.